The Morgan fingerprint density at radius 3 is 2.93 bits per heavy atom. The Balaban J connectivity index is 1.69. The van der Waals surface area contributed by atoms with Crippen molar-refractivity contribution in [1.82, 2.24) is 9.36 Å². The van der Waals surface area contributed by atoms with Crippen molar-refractivity contribution >= 4 is 11.5 Å². The molecule has 1 heterocycles. The molecule has 4 rings (SSSR count). The van der Waals surface area contributed by atoms with Gasteiger partial charge in [-0.05, 0) is 67.5 Å². The summed E-state index contributed by atoms with van der Waals surface area (Å²) in [5.41, 5.74) is 11.1. The fourth-order valence-corrected chi connectivity index (χ4v) is 4.12. The van der Waals surface area contributed by atoms with Gasteiger partial charge in [-0.15, -0.1) is 0 Å². The fourth-order valence-electron chi connectivity index (χ4n) is 3.45. The van der Waals surface area contributed by atoms with E-state index < -0.39 is 0 Å². The number of hydrogen-bond donors (Lipinski definition) is 1. The molecule has 1 atom stereocenters. The Bertz CT molecular complexity index is 1030. The molecule has 5 nitrogen and oxygen atoms in total. The Labute approximate surface area is 162 Å². The molecule has 2 N–H and O–H groups in total. The van der Waals surface area contributed by atoms with E-state index >= 15 is 0 Å². The highest BCUT2D eigenvalue weighted by molar-refractivity contribution is 7.09. The summed E-state index contributed by atoms with van der Waals surface area (Å²) in [6.07, 6.45) is 1.94. The summed E-state index contributed by atoms with van der Waals surface area (Å²) in [6, 6.07) is 14.0. The summed E-state index contributed by atoms with van der Waals surface area (Å²) in [5, 5.41) is 10.2. The normalized spacial score (nSPS) is 15.6. The maximum Gasteiger partial charge on any atom is 0.173 e. The Morgan fingerprint density at radius 2 is 2.15 bits per heavy atom. The third kappa shape index (κ3) is 3.32. The monoisotopic (exact) mass is 376 g/mol. The second-order valence-electron chi connectivity index (χ2n) is 6.93. The van der Waals surface area contributed by atoms with Crippen LogP contribution >= 0.6 is 11.5 Å². The van der Waals surface area contributed by atoms with Gasteiger partial charge in [-0.1, -0.05) is 18.2 Å². The van der Waals surface area contributed by atoms with Gasteiger partial charge in [0.25, 0.3) is 0 Å². The van der Waals surface area contributed by atoms with Gasteiger partial charge < -0.3 is 10.5 Å². The molecule has 0 spiro atoms. The molecule has 27 heavy (non-hydrogen) atoms. The van der Waals surface area contributed by atoms with Crippen molar-refractivity contribution in [2.45, 2.75) is 38.8 Å². The van der Waals surface area contributed by atoms with Crippen molar-refractivity contribution in [3.8, 4) is 33.8 Å². The highest BCUT2D eigenvalue weighted by Crippen LogP contribution is 2.37. The van der Waals surface area contributed by atoms with Crippen molar-refractivity contribution in [2.24, 2.45) is 5.73 Å². The van der Waals surface area contributed by atoms with Crippen LogP contribution in [0.1, 0.15) is 43.0 Å². The quantitative estimate of drug-likeness (QED) is 0.726. The molecular formula is C21H20N4OS. The molecule has 0 amide bonds. The van der Waals surface area contributed by atoms with Crippen LogP contribution in [0.25, 0.3) is 22.0 Å². The van der Waals surface area contributed by atoms with Crippen LogP contribution in [0, 0.1) is 11.3 Å². The van der Waals surface area contributed by atoms with Gasteiger partial charge in [0.05, 0.1) is 11.7 Å². The van der Waals surface area contributed by atoms with Crippen LogP contribution in [0.3, 0.4) is 0 Å². The van der Waals surface area contributed by atoms with E-state index in [9.17, 15) is 5.26 Å². The first-order valence-electron chi connectivity index (χ1n) is 8.99. The zero-order valence-electron chi connectivity index (χ0n) is 15.3. The lowest BCUT2D eigenvalue weighted by atomic mass is 10.0. The van der Waals surface area contributed by atoms with Gasteiger partial charge in [0, 0.05) is 17.2 Å². The molecule has 0 saturated carbocycles. The number of rotatable bonds is 4. The number of hydrogen-bond acceptors (Lipinski definition) is 6. The minimum Gasteiger partial charge on any atom is -0.490 e. The summed E-state index contributed by atoms with van der Waals surface area (Å²) in [4.78, 5) is 4.74. The number of aromatic nitrogens is 2. The second kappa shape index (κ2) is 7.10. The maximum absolute atomic E-state index is 9.44. The minimum atomic E-state index is 0.0163. The Morgan fingerprint density at radius 1 is 1.30 bits per heavy atom. The smallest absolute Gasteiger partial charge is 0.173 e. The van der Waals surface area contributed by atoms with Crippen LogP contribution in [-0.4, -0.2) is 15.5 Å². The van der Waals surface area contributed by atoms with Crippen LogP contribution in [0.4, 0.5) is 0 Å². The summed E-state index contributed by atoms with van der Waals surface area (Å²) < 4.78 is 10.3. The van der Waals surface area contributed by atoms with E-state index in [4.69, 9.17) is 15.5 Å². The summed E-state index contributed by atoms with van der Waals surface area (Å²) >= 11 is 1.34. The SMILES string of the molecule is CC(C)Oc1ccc(-c2nc(-c3cccc4c3CCC4N)ns2)cc1C#N. The molecule has 0 aliphatic heterocycles. The number of nitrogens with zero attached hydrogens (tertiary/aromatic N) is 3. The van der Waals surface area contributed by atoms with Gasteiger partial charge >= 0.3 is 0 Å². The molecule has 0 radical (unpaired) electrons. The van der Waals surface area contributed by atoms with Crippen LogP contribution in [0.5, 0.6) is 5.75 Å². The van der Waals surface area contributed by atoms with Crippen molar-refractivity contribution in [3.63, 3.8) is 0 Å². The van der Waals surface area contributed by atoms with E-state index in [0.29, 0.717) is 11.3 Å². The van der Waals surface area contributed by atoms with Crippen molar-refractivity contribution in [3.05, 3.63) is 53.1 Å². The van der Waals surface area contributed by atoms with Gasteiger partial charge in [-0.25, -0.2) is 4.98 Å². The van der Waals surface area contributed by atoms with Crippen molar-refractivity contribution < 1.29 is 4.74 Å². The zero-order chi connectivity index (χ0) is 19.0. The summed E-state index contributed by atoms with van der Waals surface area (Å²) in [5.74, 6) is 1.32. The van der Waals surface area contributed by atoms with Crippen LogP contribution in [0.15, 0.2) is 36.4 Å². The highest BCUT2D eigenvalue weighted by Gasteiger charge is 2.23. The standard InChI is InChI=1S/C21H20N4OS/c1-12(2)26-19-9-6-13(10-14(19)11-22)21-24-20(25-27-21)17-5-3-4-16-15(17)7-8-18(16)23/h3-6,9-10,12,18H,7-8,23H2,1-2H3. The van der Waals surface area contributed by atoms with E-state index in [1.807, 2.05) is 38.1 Å². The average Bonchev–Trinajstić information content (AvgIpc) is 3.29. The molecule has 1 aliphatic rings. The van der Waals surface area contributed by atoms with Gasteiger partial charge in [-0.2, -0.15) is 9.64 Å². The van der Waals surface area contributed by atoms with E-state index in [2.05, 4.69) is 22.6 Å². The molecule has 6 heteroatoms. The molecule has 1 aromatic heterocycles. The summed E-state index contributed by atoms with van der Waals surface area (Å²) in [7, 11) is 0. The van der Waals surface area contributed by atoms with Gasteiger partial charge in [0.1, 0.15) is 16.8 Å². The molecule has 1 aliphatic carbocycles. The topological polar surface area (TPSA) is 84.8 Å². The predicted octanol–water partition coefficient (Wildman–Crippen LogP) is 4.48. The molecule has 136 valence electrons. The molecule has 0 fully saturated rings. The van der Waals surface area contributed by atoms with Gasteiger partial charge in [0.2, 0.25) is 0 Å². The molecular weight excluding hydrogens is 356 g/mol. The minimum absolute atomic E-state index is 0.0163. The van der Waals surface area contributed by atoms with Crippen LogP contribution < -0.4 is 10.5 Å². The number of ether oxygens (including phenoxy) is 1. The number of nitriles is 1. The van der Waals surface area contributed by atoms with E-state index in [-0.39, 0.29) is 12.1 Å². The summed E-state index contributed by atoms with van der Waals surface area (Å²) in [6.45, 7) is 3.88. The van der Waals surface area contributed by atoms with Crippen LogP contribution in [-0.2, 0) is 6.42 Å². The zero-order valence-corrected chi connectivity index (χ0v) is 16.1. The Hall–Kier alpha value is -2.75. The molecule has 0 bridgehead atoms. The number of nitrogens with two attached hydrogens (primary N) is 1. The first-order chi connectivity index (χ1) is 13.1. The molecule has 2 aromatic carbocycles. The van der Waals surface area contributed by atoms with E-state index in [1.54, 1.807) is 0 Å². The van der Waals surface area contributed by atoms with Gasteiger partial charge in [0.15, 0.2) is 5.82 Å². The average molecular weight is 376 g/mol. The lowest BCUT2D eigenvalue weighted by molar-refractivity contribution is 0.242. The largest absolute Gasteiger partial charge is 0.490 e. The number of fused-ring (bicyclic) bond motifs is 1. The van der Waals surface area contributed by atoms with Crippen LogP contribution in [0.2, 0.25) is 0 Å². The first-order valence-corrected chi connectivity index (χ1v) is 9.76. The second-order valence-corrected chi connectivity index (χ2v) is 7.68. The molecule has 0 saturated heterocycles. The Kier molecular flexibility index (Phi) is 4.65. The third-order valence-corrected chi connectivity index (χ3v) is 5.46. The molecule has 3 aromatic rings. The highest BCUT2D eigenvalue weighted by atomic mass is 32.1. The lowest BCUT2D eigenvalue weighted by Gasteiger charge is -2.11. The first kappa shape index (κ1) is 17.7. The lowest BCUT2D eigenvalue weighted by Crippen LogP contribution is -2.06. The van der Waals surface area contributed by atoms with Crippen molar-refractivity contribution in [1.29, 1.82) is 5.26 Å². The van der Waals surface area contributed by atoms with E-state index in [0.717, 1.165) is 34.8 Å². The van der Waals surface area contributed by atoms with Gasteiger partial charge in [-0.3, -0.25) is 0 Å². The fraction of sp³-hybridized carbons (Fsp3) is 0.286. The molecule has 1 unspecified atom stereocenters. The maximum atomic E-state index is 9.44. The third-order valence-electron chi connectivity index (χ3n) is 4.69. The van der Waals surface area contributed by atoms with E-state index in [1.165, 1.54) is 22.7 Å². The number of benzene rings is 2. The van der Waals surface area contributed by atoms with Crippen molar-refractivity contribution in [2.75, 3.05) is 0 Å². The predicted molar refractivity (Wildman–Crippen MR) is 107 cm³/mol.